The molecular formula is C25H24N4O4. The molecule has 1 aliphatic heterocycles. The Morgan fingerprint density at radius 2 is 1.88 bits per heavy atom. The van der Waals surface area contributed by atoms with Gasteiger partial charge in [0.1, 0.15) is 29.3 Å². The van der Waals surface area contributed by atoms with Gasteiger partial charge in [-0.25, -0.2) is 9.97 Å². The molecule has 2 atom stereocenters. The zero-order chi connectivity index (χ0) is 22.6. The van der Waals surface area contributed by atoms with E-state index in [1.165, 1.54) is 6.33 Å². The van der Waals surface area contributed by atoms with E-state index in [-0.39, 0.29) is 24.5 Å². The number of carbonyl (C=O) groups excluding carboxylic acids is 1. The number of aliphatic hydroxyl groups is 1. The van der Waals surface area contributed by atoms with Crippen LogP contribution in [-0.2, 0) is 4.74 Å². The molecule has 0 amide bonds. The Labute approximate surface area is 190 Å². The van der Waals surface area contributed by atoms with Gasteiger partial charge < -0.3 is 24.9 Å². The van der Waals surface area contributed by atoms with E-state index in [1.807, 2.05) is 30.3 Å². The number of anilines is 1. The van der Waals surface area contributed by atoms with Crippen molar-refractivity contribution in [2.24, 2.45) is 0 Å². The fourth-order valence-electron chi connectivity index (χ4n) is 3.96. The minimum Gasteiger partial charge on any atom is -0.457 e. The van der Waals surface area contributed by atoms with Crippen LogP contribution in [0.1, 0.15) is 28.8 Å². The molecule has 0 saturated carbocycles. The molecule has 1 saturated heterocycles. The highest BCUT2D eigenvalue weighted by molar-refractivity contribution is 6.18. The van der Waals surface area contributed by atoms with Gasteiger partial charge in [-0.2, -0.15) is 0 Å². The molecule has 3 heterocycles. The second kappa shape index (κ2) is 9.40. The number of aromatic nitrogens is 3. The first kappa shape index (κ1) is 21.1. The van der Waals surface area contributed by atoms with Crippen molar-refractivity contribution in [3.8, 4) is 11.5 Å². The van der Waals surface area contributed by atoms with Crippen molar-refractivity contribution in [1.82, 2.24) is 15.0 Å². The summed E-state index contributed by atoms with van der Waals surface area (Å²) in [6.45, 7) is 0.489. The van der Waals surface area contributed by atoms with Gasteiger partial charge in [-0.05, 0) is 49.2 Å². The molecule has 33 heavy (non-hydrogen) atoms. The molecule has 3 N–H and O–H groups in total. The van der Waals surface area contributed by atoms with E-state index in [1.54, 1.807) is 30.5 Å². The smallest absolute Gasteiger partial charge is 0.195 e. The average Bonchev–Trinajstić information content (AvgIpc) is 3.30. The van der Waals surface area contributed by atoms with Crippen molar-refractivity contribution >= 4 is 22.6 Å². The van der Waals surface area contributed by atoms with Crippen LogP contribution < -0.4 is 10.1 Å². The fourth-order valence-corrected chi connectivity index (χ4v) is 3.96. The normalized spacial score (nSPS) is 18.2. The van der Waals surface area contributed by atoms with Crippen molar-refractivity contribution < 1.29 is 19.4 Å². The van der Waals surface area contributed by atoms with Crippen LogP contribution in [0.2, 0.25) is 0 Å². The second-order valence-corrected chi connectivity index (χ2v) is 7.97. The van der Waals surface area contributed by atoms with E-state index in [2.05, 4.69) is 20.3 Å². The number of hydrogen-bond donors (Lipinski definition) is 3. The summed E-state index contributed by atoms with van der Waals surface area (Å²) in [5, 5.41) is 13.3. The first-order valence-electron chi connectivity index (χ1n) is 10.9. The van der Waals surface area contributed by atoms with Gasteiger partial charge in [-0.1, -0.05) is 18.2 Å². The summed E-state index contributed by atoms with van der Waals surface area (Å²) < 4.78 is 11.5. The highest BCUT2D eigenvalue weighted by atomic mass is 16.5. The Hall–Kier alpha value is -3.75. The van der Waals surface area contributed by atoms with Crippen LogP contribution in [0.5, 0.6) is 11.5 Å². The summed E-state index contributed by atoms with van der Waals surface area (Å²) in [5.74, 6) is 1.84. The molecule has 8 nitrogen and oxygen atoms in total. The number of aliphatic hydroxyl groups excluding tert-OH is 1. The maximum Gasteiger partial charge on any atom is 0.195 e. The molecule has 2 aromatic heterocycles. The molecule has 8 heteroatoms. The molecule has 4 aromatic rings. The van der Waals surface area contributed by atoms with Crippen LogP contribution in [0.3, 0.4) is 0 Å². The molecule has 5 rings (SSSR count). The second-order valence-electron chi connectivity index (χ2n) is 7.97. The Morgan fingerprint density at radius 1 is 1.09 bits per heavy atom. The van der Waals surface area contributed by atoms with Crippen molar-refractivity contribution in [2.75, 3.05) is 18.5 Å². The Bertz CT molecular complexity index is 1230. The number of carbonyl (C=O) groups is 1. The number of ether oxygens (including phenoxy) is 2. The van der Waals surface area contributed by atoms with Crippen LogP contribution in [0, 0.1) is 0 Å². The summed E-state index contributed by atoms with van der Waals surface area (Å²) in [6.07, 6.45) is 4.62. The quantitative estimate of drug-likeness (QED) is 0.371. The Morgan fingerprint density at radius 3 is 2.61 bits per heavy atom. The van der Waals surface area contributed by atoms with E-state index in [0.29, 0.717) is 40.3 Å². The highest BCUT2D eigenvalue weighted by Gasteiger charge is 2.24. The topological polar surface area (TPSA) is 109 Å². The predicted octanol–water partition coefficient (Wildman–Crippen LogP) is 3.93. The molecule has 1 aliphatic rings. The zero-order valence-electron chi connectivity index (χ0n) is 17.9. The van der Waals surface area contributed by atoms with Crippen LogP contribution >= 0.6 is 0 Å². The van der Waals surface area contributed by atoms with E-state index >= 15 is 0 Å². The van der Waals surface area contributed by atoms with Crippen molar-refractivity contribution in [3.05, 3.63) is 78.2 Å². The van der Waals surface area contributed by atoms with Gasteiger partial charge >= 0.3 is 0 Å². The molecule has 1 unspecified atom stereocenters. The maximum atomic E-state index is 13.3. The molecule has 0 radical (unpaired) electrons. The molecule has 0 bridgehead atoms. The van der Waals surface area contributed by atoms with Crippen molar-refractivity contribution in [2.45, 2.75) is 25.0 Å². The minimum absolute atomic E-state index is 0.0239. The summed E-state index contributed by atoms with van der Waals surface area (Å²) in [7, 11) is 0. The number of fused-ring (bicyclic) bond motifs is 1. The van der Waals surface area contributed by atoms with Crippen LogP contribution in [0.15, 0.2) is 67.1 Å². The van der Waals surface area contributed by atoms with E-state index < -0.39 is 0 Å². The Balaban J connectivity index is 1.36. The lowest BCUT2D eigenvalue weighted by Gasteiger charge is -2.29. The van der Waals surface area contributed by atoms with Gasteiger partial charge in [0.05, 0.1) is 36.3 Å². The number of aromatic amines is 1. The van der Waals surface area contributed by atoms with Crippen LogP contribution in [0.25, 0.3) is 11.0 Å². The van der Waals surface area contributed by atoms with Gasteiger partial charge in [0.2, 0.25) is 0 Å². The standard InChI is InChI=1S/C25H24N4O4/c30-13-20-11-8-17(14-32-20)29-25-22-21(12-26-24(22)27-15-28-25)23(31)16-6-9-19(10-7-16)33-18-4-2-1-3-5-18/h1-7,9-10,12,15,17,20,30H,8,11,13-14H2,(H2,26,27,28,29)/t17-,20?/m0/s1. The number of nitrogens with one attached hydrogen (secondary N) is 2. The summed E-state index contributed by atoms with van der Waals surface area (Å²) in [4.78, 5) is 25.1. The summed E-state index contributed by atoms with van der Waals surface area (Å²) in [5.41, 5.74) is 1.62. The van der Waals surface area contributed by atoms with E-state index in [0.717, 1.165) is 18.6 Å². The number of H-pyrrole nitrogens is 1. The van der Waals surface area contributed by atoms with Gasteiger partial charge in [0.15, 0.2) is 5.78 Å². The summed E-state index contributed by atoms with van der Waals surface area (Å²) >= 11 is 0. The number of hydrogen-bond acceptors (Lipinski definition) is 7. The third-order valence-electron chi connectivity index (χ3n) is 5.72. The molecule has 2 aromatic carbocycles. The lowest BCUT2D eigenvalue weighted by Crippen LogP contribution is -2.36. The third-order valence-corrected chi connectivity index (χ3v) is 5.72. The zero-order valence-corrected chi connectivity index (χ0v) is 17.9. The number of ketones is 1. The monoisotopic (exact) mass is 444 g/mol. The fraction of sp³-hybridized carbons (Fsp3) is 0.240. The number of para-hydroxylation sites is 1. The van der Waals surface area contributed by atoms with E-state index in [9.17, 15) is 9.90 Å². The SMILES string of the molecule is O=C(c1ccc(Oc2ccccc2)cc1)c1c[nH]c2ncnc(N[C@H]3CCC(CO)OC3)c12. The number of benzene rings is 2. The first-order valence-corrected chi connectivity index (χ1v) is 10.9. The Kier molecular flexibility index (Phi) is 6.01. The van der Waals surface area contributed by atoms with Crippen molar-refractivity contribution in [1.29, 1.82) is 0 Å². The van der Waals surface area contributed by atoms with Gasteiger partial charge in [-0.3, -0.25) is 4.79 Å². The van der Waals surface area contributed by atoms with Gasteiger partial charge in [-0.15, -0.1) is 0 Å². The maximum absolute atomic E-state index is 13.3. The molecule has 0 spiro atoms. The first-order chi connectivity index (χ1) is 16.2. The van der Waals surface area contributed by atoms with E-state index in [4.69, 9.17) is 9.47 Å². The summed E-state index contributed by atoms with van der Waals surface area (Å²) in [6, 6.07) is 16.6. The van der Waals surface area contributed by atoms with Crippen molar-refractivity contribution in [3.63, 3.8) is 0 Å². The number of rotatable bonds is 7. The minimum atomic E-state index is -0.134. The lowest BCUT2D eigenvalue weighted by molar-refractivity contribution is -0.0224. The predicted molar refractivity (Wildman–Crippen MR) is 124 cm³/mol. The highest BCUT2D eigenvalue weighted by Crippen LogP contribution is 2.28. The van der Waals surface area contributed by atoms with Crippen LogP contribution in [-0.4, -0.2) is 51.2 Å². The molecule has 0 aliphatic carbocycles. The molecular weight excluding hydrogens is 420 g/mol. The molecule has 1 fully saturated rings. The number of nitrogens with zero attached hydrogens (tertiary/aromatic N) is 2. The average molecular weight is 444 g/mol. The third kappa shape index (κ3) is 4.57. The largest absolute Gasteiger partial charge is 0.457 e. The lowest BCUT2D eigenvalue weighted by atomic mass is 10.0. The van der Waals surface area contributed by atoms with Gasteiger partial charge in [0, 0.05) is 11.8 Å². The molecule has 168 valence electrons. The van der Waals surface area contributed by atoms with Gasteiger partial charge in [0.25, 0.3) is 0 Å². The van der Waals surface area contributed by atoms with Crippen LogP contribution in [0.4, 0.5) is 5.82 Å².